The van der Waals surface area contributed by atoms with Gasteiger partial charge in [-0.05, 0) is 46.2 Å². The Labute approximate surface area is 150 Å². The summed E-state index contributed by atoms with van der Waals surface area (Å²) in [5, 5.41) is 15.3. The van der Waals surface area contributed by atoms with E-state index in [0.29, 0.717) is 18.2 Å². The molecule has 0 aliphatic carbocycles. The molecule has 0 amide bonds. The van der Waals surface area contributed by atoms with E-state index in [1.54, 1.807) is 12.1 Å². The molecule has 1 heterocycles. The van der Waals surface area contributed by atoms with Crippen LogP contribution in [-0.2, 0) is 13.1 Å². The highest BCUT2D eigenvalue weighted by atomic mass is 32.1. The second kappa shape index (κ2) is 6.18. The van der Waals surface area contributed by atoms with Crippen molar-refractivity contribution in [2.45, 2.75) is 13.1 Å². The Morgan fingerprint density at radius 3 is 2.76 bits per heavy atom. The lowest BCUT2D eigenvalue weighted by Crippen LogP contribution is -2.38. The summed E-state index contributed by atoms with van der Waals surface area (Å²) in [5.74, 6) is -0.936. The van der Waals surface area contributed by atoms with Gasteiger partial charge in [-0.2, -0.15) is 0 Å². The molecule has 0 radical (unpaired) electrons. The van der Waals surface area contributed by atoms with Crippen LogP contribution in [-0.4, -0.2) is 21.1 Å². The molecule has 1 aliphatic heterocycles. The molecule has 1 aliphatic rings. The van der Waals surface area contributed by atoms with Crippen molar-refractivity contribution in [1.29, 1.82) is 0 Å². The molecule has 124 valence electrons. The SMILES string of the molecule is O=C(O)c1ccc2c(c1)NC(=S)N(Cc1cccc3ccccc13)C2. The normalized spacial score (nSPS) is 13.4. The van der Waals surface area contributed by atoms with E-state index in [0.717, 1.165) is 11.3 Å². The van der Waals surface area contributed by atoms with Crippen LogP contribution in [0.2, 0.25) is 0 Å². The van der Waals surface area contributed by atoms with Gasteiger partial charge in [0.25, 0.3) is 0 Å². The summed E-state index contributed by atoms with van der Waals surface area (Å²) in [6.07, 6.45) is 0. The number of hydrogen-bond acceptors (Lipinski definition) is 2. The summed E-state index contributed by atoms with van der Waals surface area (Å²) < 4.78 is 0. The summed E-state index contributed by atoms with van der Waals surface area (Å²) in [4.78, 5) is 13.2. The minimum atomic E-state index is -0.936. The van der Waals surface area contributed by atoms with Crippen molar-refractivity contribution in [3.8, 4) is 0 Å². The van der Waals surface area contributed by atoms with Gasteiger partial charge in [0, 0.05) is 18.8 Å². The molecule has 0 fully saturated rings. The van der Waals surface area contributed by atoms with E-state index in [1.807, 2.05) is 18.2 Å². The fourth-order valence-electron chi connectivity index (χ4n) is 3.20. The maximum atomic E-state index is 11.1. The Balaban J connectivity index is 1.64. The van der Waals surface area contributed by atoms with E-state index in [9.17, 15) is 4.79 Å². The van der Waals surface area contributed by atoms with Crippen LogP contribution in [0.25, 0.3) is 10.8 Å². The zero-order valence-corrected chi connectivity index (χ0v) is 14.2. The molecule has 25 heavy (non-hydrogen) atoms. The molecule has 0 saturated heterocycles. The Kier molecular flexibility index (Phi) is 3.86. The summed E-state index contributed by atoms with van der Waals surface area (Å²) >= 11 is 5.50. The van der Waals surface area contributed by atoms with Crippen LogP contribution >= 0.6 is 12.2 Å². The first-order valence-electron chi connectivity index (χ1n) is 8.00. The van der Waals surface area contributed by atoms with E-state index in [2.05, 4.69) is 40.5 Å². The van der Waals surface area contributed by atoms with Crippen LogP contribution in [0.15, 0.2) is 60.7 Å². The number of aromatic carboxylic acids is 1. The van der Waals surface area contributed by atoms with Crippen molar-refractivity contribution >= 4 is 39.8 Å². The number of nitrogens with zero attached hydrogens (tertiary/aromatic N) is 1. The van der Waals surface area contributed by atoms with Gasteiger partial charge in [0.2, 0.25) is 0 Å². The summed E-state index contributed by atoms with van der Waals surface area (Å²) in [5.41, 5.74) is 3.29. The van der Waals surface area contributed by atoms with E-state index in [1.165, 1.54) is 16.3 Å². The van der Waals surface area contributed by atoms with Gasteiger partial charge < -0.3 is 15.3 Å². The van der Waals surface area contributed by atoms with Crippen LogP contribution in [0.3, 0.4) is 0 Å². The predicted octanol–water partition coefficient (Wildman–Crippen LogP) is 4.25. The van der Waals surface area contributed by atoms with Crippen molar-refractivity contribution in [2.75, 3.05) is 5.32 Å². The van der Waals surface area contributed by atoms with Gasteiger partial charge >= 0.3 is 5.97 Å². The lowest BCUT2D eigenvalue weighted by molar-refractivity contribution is 0.0697. The minimum Gasteiger partial charge on any atom is -0.478 e. The van der Waals surface area contributed by atoms with Crippen LogP contribution in [0.5, 0.6) is 0 Å². The first-order valence-corrected chi connectivity index (χ1v) is 8.41. The molecule has 4 nitrogen and oxygen atoms in total. The van der Waals surface area contributed by atoms with Gasteiger partial charge in [-0.15, -0.1) is 0 Å². The quantitative estimate of drug-likeness (QED) is 0.693. The number of carboxylic acids is 1. The number of nitrogens with one attached hydrogen (secondary N) is 1. The molecule has 0 spiro atoms. The number of carbonyl (C=O) groups is 1. The highest BCUT2D eigenvalue weighted by Gasteiger charge is 2.21. The van der Waals surface area contributed by atoms with Gasteiger partial charge in [-0.1, -0.05) is 48.5 Å². The smallest absolute Gasteiger partial charge is 0.335 e. The fraction of sp³-hybridized carbons (Fsp3) is 0.100. The molecular formula is C20H16N2O2S. The molecular weight excluding hydrogens is 332 g/mol. The molecule has 5 heteroatoms. The molecule has 3 aromatic rings. The van der Waals surface area contributed by atoms with Crippen LogP contribution in [0.1, 0.15) is 21.5 Å². The third-order valence-corrected chi connectivity index (χ3v) is 4.85. The van der Waals surface area contributed by atoms with Crippen molar-refractivity contribution in [2.24, 2.45) is 0 Å². The summed E-state index contributed by atoms with van der Waals surface area (Å²) in [6, 6.07) is 19.7. The van der Waals surface area contributed by atoms with Gasteiger partial charge in [0.15, 0.2) is 5.11 Å². The number of fused-ring (bicyclic) bond motifs is 2. The average Bonchev–Trinajstić information content (AvgIpc) is 2.62. The van der Waals surface area contributed by atoms with Gasteiger partial charge in [0.05, 0.1) is 5.56 Å². The second-order valence-corrected chi connectivity index (χ2v) is 6.49. The summed E-state index contributed by atoms with van der Waals surface area (Å²) in [6.45, 7) is 1.36. The highest BCUT2D eigenvalue weighted by Crippen LogP contribution is 2.27. The largest absolute Gasteiger partial charge is 0.478 e. The van der Waals surface area contributed by atoms with Crippen molar-refractivity contribution in [3.05, 3.63) is 77.4 Å². The fourth-order valence-corrected chi connectivity index (χ4v) is 3.44. The zero-order valence-electron chi connectivity index (χ0n) is 13.4. The van der Waals surface area contributed by atoms with Crippen molar-refractivity contribution in [3.63, 3.8) is 0 Å². The third kappa shape index (κ3) is 2.94. The maximum Gasteiger partial charge on any atom is 0.335 e. The Bertz CT molecular complexity index is 995. The first kappa shape index (κ1) is 15.6. The number of anilines is 1. The van der Waals surface area contributed by atoms with Crippen LogP contribution in [0.4, 0.5) is 5.69 Å². The standard InChI is InChI=1S/C20H16N2O2S/c23-19(24)14-8-9-16-12-22(20(25)21-18(16)10-14)11-15-6-3-5-13-4-1-2-7-17(13)15/h1-10H,11-12H2,(H,21,25)(H,23,24). The van der Waals surface area contributed by atoms with Gasteiger partial charge in [0.1, 0.15) is 0 Å². The lowest BCUT2D eigenvalue weighted by atomic mass is 10.0. The third-order valence-electron chi connectivity index (χ3n) is 4.49. The summed E-state index contributed by atoms with van der Waals surface area (Å²) in [7, 11) is 0. The van der Waals surface area contributed by atoms with E-state index in [4.69, 9.17) is 17.3 Å². The molecule has 0 atom stereocenters. The Hall–Kier alpha value is -2.92. The number of carboxylic acid groups (broad SMARTS) is 1. The van der Waals surface area contributed by atoms with Crippen LogP contribution < -0.4 is 5.32 Å². The number of hydrogen-bond donors (Lipinski definition) is 2. The highest BCUT2D eigenvalue weighted by molar-refractivity contribution is 7.80. The zero-order chi connectivity index (χ0) is 17.4. The molecule has 3 aromatic carbocycles. The molecule has 4 rings (SSSR count). The topological polar surface area (TPSA) is 52.6 Å². The van der Waals surface area contributed by atoms with Crippen LogP contribution in [0, 0.1) is 0 Å². The maximum absolute atomic E-state index is 11.1. The van der Waals surface area contributed by atoms with Gasteiger partial charge in [-0.3, -0.25) is 0 Å². The number of thiocarbonyl (C=S) groups is 1. The number of rotatable bonds is 3. The Morgan fingerprint density at radius 2 is 1.92 bits per heavy atom. The van der Waals surface area contributed by atoms with E-state index < -0.39 is 5.97 Å². The van der Waals surface area contributed by atoms with E-state index in [-0.39, 0.29) is 5.56 Å². The first-order chi connectivity index (χ1) is 12.1. The average molecular weight is 348 g/mol. The molecule has 0 bridgehead atoms. The van der Waals surface area contributed by atoms with E-state index >= 15 is 0 Å². The lowest BCUT2D eigenvalue weighted by Gasteiger charge is -2.32. The molecule has 0 saturated carbocycles. The minimum absolute atomic E-state index is 0.261. The molecule has 2 N–H and O–H groups in total. The molecule has 0 unspecified atom stereocenters. The number of benzene rings is 3. The monoisotopic (exact) mass is 348 g/mol. The molecule has 0 aromatic heterocycles. The Morgan fingerprint density at radius 1 is 1.12 bits per heavy atom. The van der Waals surface area contributed by atoms with Gasteiger partial charge in [-0.25, -0.2) is 4.79 Å². The van der Waals surface area contributed by atoms with Crippen molar-refractivity contribution in [1.82, 2.24) is 4.90 Å². The second-order valence-electron chi connectivity index (χ2n) is 6.10. The predicted molar refractivity (Wildman–Crippen MR) is 103 cm³/mol. The van der Waals surface area contributed by atoms with Crippen molar-refractivity contribution < 1.29 is 9.90 Å².